The molecule has 2 aromatic heterocycles. The van der Waals surface area contributed by atoms with E-state index in [1.165, 1.54) is 30.9 Å². The lowest BCUT2D eigenvalue weighted by atomic mass is 10.1. The quantitative estimate of drug-likeness (QED) is 0.595. The van der Waals surface area contributed by atoms with Gasteiger partial charge < -0.3 is 15.7 Å². The fourth-order valence-corrected chi connectivity index (χ4v) is 2.84. The Bertz CT molecular complexity index is 916. The molecule has 128 valence electrons. The number of aromatic nitrogens is 3. The van der Waals surface area contributed by atoms with Crippen LogP contribution in [0.1, 0.15) is 10.4 Å². The van der Waals surface area contributed by atoms with Gasteiger partial charge in [-0.1, -0.05) is 0 Å². The average Bonchev–Trinajstić information content (AvgIpc) is 3.00. The number of carbonyl (C=O) groups is 1. The summed E-state index contributed by atoms with van der Waals surface area (Å²) < 4.78 is 2.24. The molecule has 3 rings (SSSR count). The Morgan fingerprint density at radius 3 is 2.79 bits per heavy atom. The third-order valence-electron chi connectivity index (χ3n) is 4.38. The SMILES string of the molecule is Cn1c(=O)c2cc(C(=O)NCC3CNCC3O)cnc2n(C)c1=O. The Labute approximate surface area is 136 Å². The number of carbonyl (C=O) groups excluding carboxylic acids is 1. The van der Waals surface area contributed by atoms with Crippen molar-refractivity contribution < 1.29 is 9.90 Å². The Balaban J connectivity index is 1.89. The van der Waals surface area contributed by atoms with Crippen LogP contribution in [0, 0.1) is 5.92 Å². The summed E-state index contributed by atoms with van der Waals surface area (Å²) in [5.41, 5.74) is -0.501. The maximum atomic E-state index is 12.3. The third-order valence-corrected chi connectivity index (χ3v) is 4.38. The molecule has 24 heavy (non-hydrogen) atoms. The molecule has 2 unspecified atom stereocenters. The van der Waals surface area contributed by atoms with Crippen molar-refractivity contribution in [2.75, 3.05) is 19.6 Å². The first-order chi connectivity index (χ1) is 11.4. The summed E-state index contributed by atoms with van der Waals surface area (Å²) in [4.78, 5) is 40.5. The van der Waals surface area contributed by atoms with Gasteiger partial charge in [-0.25, -0.2) is 9.78 Å². The largest absolute Gasteiger partial charge is 0.391 e. The Kier molecular flexibility index (Phi) is 4.20. The van der Waals surface area contributed by atoms with Crippen molar-refractivity contribution in [3.05, 3.63) is 38.7 Å². The average molecular weight is 333 g/mol. The van der Waals surface area contributed by atoms with Crippen molar-refractivity contribution in [1.82, 2.24) is 24.8 Å². The summed E-state index contributed by atoms with van der Waals surface area (Å²) in [5, 5.41) is 15.7. The van der Waals surface area contributed by atoms with Gasteiger partial charge in [-0.15, -0.1) is 0 Å². The molecule has 3 N–H and O–H groups in total. The van der Waals surface area contributed by atoms with E-state index in [0.717, 1.165) is 4.57 Å². The van der Waals surface area contributed by atoms with Crippen molar-refractivity contribution in [2.45, 2.75) is 6.10 Å². The summed E-state index contributed by atoms with van der Waals surface area (Å²) in [5.74, 6) is -0.421. The van der Waals surface area contributed by atoms with Gasteiger partial charge in [0.05, 0.1) is 17.1 Å². The summed E-state index contributed by atoms with van der Waals surface area (Å²) in [6, 6.07) is 1.43. The van der Waals surface area contributed by atoms with E-state index in [4.69, 9.17) is 0 Å². The van der Waals surface area contributed by atoms with E-state index < -0.39 is 17.4 Å². The summed E-state index contributed by atoms with van der Waals surface area (Å²) >= 11 is 0. The standard InChI is InChI=1S/C15H19N5O4/c1-19-12-10(14(23)20(2)15(19)24)3-8(5-17-12)13(22)18-6-9-4-16-7-11(9)21/h3,5,9,11,16,21H,4,6-7H2,1-2H3,(H,18,22). The number of aliphatic hydroxyl groups excluding tert-OH is 1. The minimum absolute atomic E-state index is 0.0453. The van der Waals surface area contributed by atoms with Crippen molar-refractivity contribution >= 4 is 16.9 Å². The number of hydrogen-bond acceptors (Lipinski definition) is 6. The maximum absolute atomic E-state index is 12.3. The zero-order valence-corrected chi connectivity index (χ0v) is 13.4. The first kappa shape index (κ1) is 16.3. The molecule has 9 heteroatoms. The van der Waals surface area contributed by atoms with Crippen LogP contribution in [0.25, 0.3) is 11.0 Å². The Morgan fingerprint density at radius 1 is 1.38 bits per heavy atom. The molecular weight excluding hydrogens is 314 g/mol. The van der Waals surface area contributed by atoms with Crippen LogP contribution in [0.15, 0.2) is 21.9 Å². The molecule has 2 atom stereocenters. The number of nitrogens with zero attached hydrogens (tertiary/aromatic N) is 3. The number of aryl methyl sites for hydroxylation is 1. The van der Waals surface area contributed by atoms with Crippen LogP contribution < -0.4 is 21.9 Å². The normalized spacial score (nSPS) is 20.5. The van der Waals surface area contributed by atoms with Crippen molar-refractivity contribution in [3.8, 4) is 0 Å². The molecule has 1 amide bonds. The van der Waals surface area contributed by atoms with Gasteiger partial charge in [0.25, 0.3) is 11.5 Å². The monoisotopic (exact) mass is 333 g/mol. The van der Waals surface area contributed by atoms with E-state index in [0.29, 0.717) is 19.6 Å². The van der Waals surface area contributed by atoms with Crippen LogP contribution in [-0.2, 0) is 14.1 Å². The lowest BCUT2D eigenvalue weighted by Gasteiger charge is -2.14. The predicted molar refractivity (Wildman–Crippen MR) is 86.9 cm³/mol. The van der Waals surface area contributed by atoms with Crippen molar-refractivity contribution in [3.63, 3.8) is 0 Å². The smallest absolute Gasteiger partial charge is 0.332 e. The second kappa shape index (κ2) is 6.17. The molecule has 0 bridgehead atoms. The highest BCUT2D eigenvalue weighted by Gasteiger charge is 2.25. The molecule has 1 aliphatic heterocycles. The van der Waals surface area contributed by atoms with Crippen LogP contribution in [-0.4, -0.2) is 50.9 Å². The first-order valence-electron chi connectivity index (χ1n) is 7.63. The lowest BCUT2D eigenvalue weighted by molar-refractivity contribution is 0.0927. The molecule has 1 aliphatic rings. The topological polar surface area (TPSA) is 118 Å². The molecule has 0 aromatic carbocycles. The second-order valence-corrected chi connectivity index (χ2v) is 6.00. The lowest BCUT2D eigenvalue weighted by Crippen LogP contribution is -2.38. The molecule has 1 fully saturated rings. The number of fused-ring (bicyclic) bond motifs is 1. The fraction of sp³-hybridized carbons (Fsp3) is 0.467. The van der Waals surface area contributed by atoms with Gasteiger partial charge in [0.2, 0.25) is 0 Å². The van der Waals surface area contributed by atoms with E-state index >= 15 is 0 Å². The van der Waals surface area contributed by atoms with Crippen molar-refractivity contribution in [1.29, 1.82) is 0 Å². The first-order valence-corrected chi connectivity index (χ1v) is 7.63. The van der Waals surface area contributed by atoms with Crippen molar-refractivity contribution in [2.24, 2.45) is 20.0 Å². The van der Waals surface area contributed by atoms with E-state index in [1.807, 2.05) is 0 Å². The molecule has 9 nitrogen and oxygen atoms in total. The molecule has 0 radical (unpaired) electrons. The zero-order valence-electron chi connectivity index (χ0n) is 13.4. The number of amides is 1. The molecule has 3 heterocycles. The summed E-state index contributed by atoms with van der Waals surface area (Å²) in [7, 11) is 2.90. The van der Waals surface area contributed by atoms with E-state index in [1.54, 1.807) is 0 Å². The highest BCUT2D eigenvalue weighted by atomic mass is 16.3. The molecule has 0 spiro atoms. The summed E-state index contributed by atoms with van der Waals surface area (Å²) in [6.07, 6.45) is 0.849. The Morgan fingerprint density at radius 2 is 2.12 bits per heavy atom. The van der Waals surface area contributed by atoms with Crippen LogP contribution in [0.3, 0.4) is 0 Å². The number of pyridine rings is 1. The molecule has 1 saturated heterocycles. The molecular formula is C15H19N5O4. The van der Waals surface area contributed by atoms with Gasteiger partial charge in [0.1, 0.15) is 5.65 Å². The van der Waals surface area contributed by atoms with E-state index in [2.05, 4.69) is 15.6 Å². The number of aliphatic hydroxyl groups is 1. The van der Waals surface area contributed by atoms with Gasteiger partial charge in [0.15, 0.2) is 0 Å². The molecule has 2 aromatic rings. The number of nitrogens with one attached hydrogen (secondary N) is 2. The minimum Gasteiger partial charge on any atom is -0.391 e. The fourth-order valence-electron chi connectivity index (χ4n) is 2.84. The number of rotatable bonds is 3. The predicted octanol–water partition coefficient (Wildman–Crippen LogP) is -2.06. The summed E-state index contributed by atoms with van der Waals surface area (Å²) in [6.45, 7) is 1.48. The van der Waals surface area contributed by atoms with Crippen LogP contribution in [0.2, 0.25) is 0 Å². The van der Waals surface area contributed by atoms with E-state index in [-0.39, 0.29) is 28.4 Å². The third kappa shape index (κ3) is 2.72. The van der Waals surface area contributed by atoms with Crippen LogP contribution in [0.5, 0.6) is 0 Å². The number of β-amino-alcohol motifs (C(OH)–C–C–N with tert-alkyl or cyclic N) is 1. The highest BCUT2D eigenvalue weighted by Crippen LogP contribution is 2.09. The highest BCUT2D eigenvalue weighted by molar-refractivity contribution is 5.96. The Hall–Kier alpha value is -2.52. The van der Waals surface area contributed by atoms with Crippen LogP contribution in [0.4, 0.5) is 0 Å². The van der Waals surface area contributed by atoms with E-state index in [9.17, 15) is 19.5 Å². The minimum atomic E-state index is -0.495. The van der Waals surface area contributed by atoms with Gasteiger partial charge in [0, 0.05) is 45.8 Å². The van der Waals surface area contributed by atoms with Gasteiger partial charge >= 0.3 is 5.69 Å². The van der Waals surface area contributed by atoms with Gasteiger partial charge in [-0.2, -0.15) is 0 Å². The van der Waals surface area contributed by atoms with Crippen LogP contribution >= 0.6 is 0 Å². The zero-order chi connectivity index (χ0) is 17.4. The molecule has 0 aliphatic carbocycles. The molecule has 0 saturated carbocycles. The van der Waals surface area contributed by atoms with Gasteiger partial charge in [-0.3, -0.25) is 18.7 Å². The maximum Gasteiger partial charge on any atom is 0.332 e. The second-order valence-electron chi connectivity index (χ2n) is 6.00. The number of hydrogen-bond donors (Lipinski definition) is 3. The van der Waals surface area contributed by atoms with Gasteiger partial charge in [-0.05, 0) is 6.07 Å².